The summed E-state index contributed by atoms with van der Waals surface area (Å²) in [7, 11) is 0. The molecule has 0 spiro atoms. The number of benzene rings is 1. The first-order valence-electron chi connectivity index (χ1n) is 6.33. The number of carbonyl (C=O) groups excluding carboxylic acids is 1. The number of hydrogen-bond acceptors (Lipinski definition) is 3. The number of urea groups is 1. The Morgan fingerprint density at radius 1 is 1.28 bits per heavy atom. The SMILES string of the molecule is Nc1ccc(CN2CCN3C(=O)NCC3C2)cc1. The Morgan fingerprint density at radius 2 is 2.06 bits per heavy atom. The lowest BCUT2D eigenvalue weighted by atomic mass is 10.1. The molecule has 5 heteroatoms. The summed E-state index contributed by atoms with van der Waals surface area (Å²) in [5.41, 5.74) is 7.75. The van der Waals surface area contributed by atoms with Crippen molar-refractivity contribution in [1.82, 2.24) is 15.1 Å². The maximum Gasteiger partial charge on any atom is 0.317 e. The van der Waals surface area contributed by atoms with Crippen molar-refractivity contribution >= 4 is 11.7 Å². The van der Waals surface area contributed by atoms with Gasteiger partial charge in [-0.15, -0.1) is 0 Å². The molecular formula is C13H18N4O. The van der Waals surface area contributed by atoms with Gasteiger partial charge in [0.05, 0.1) is 6.04 Å². The molecule has 0 radical (unpaired) electrons. The fraction of sp³-hybridized carbons (Fsp3) is 0.462. The van der Waals surface area contributed by atoms with Crippen molar-refractivity contribution < 1.29 is 4.79 Å². The van der Waals surface area contributed by atoms with Crippen LogP contribution in [0.5, 0.6) is 0 Å². The van der Waals surface area contributed by atoms with Crippen LogP contribution in [-0.2, 0) is 6.54 Å². The molecular weight excluding hydrogens is 228 g/mol. The minimum absolute atomic E-state index is 0.0899. The van der Waals surface area contributed by atoms with Crippen molar-refractivity contribution in [3.05, 3.63) is 29.8 Å². The second-order valence-electron chi connectivity index (χ2n) is 5.01. The number of nitrogens with two attached hydrogens (primary N) is 1. The van der Waals surface area contributed by atoms with Gasteiger partial charge < -0.3 is 16.0 Å². The lowest BCUT2D eigenvalue weighted by Crippen LogP contribution is -2.51. The van der Waals surface area contributed by atoms with Crippen molar-refractivity contribution in [3.63, 3.8) is 0 Å². The zero-order valence-electron chi connectivity index (χ0n) is 10.3. The summed E-state index contributed by atoms with van der Waals surface area (Å²) in [6.07, 6.45) is 0. The standard InChI is InChI=1S/C13H18N4O/c14-11-3-1-10(2-4-11)8-16-5-6-17-12(9-16)7-15-13(17)18/h1-4,12H,5-9,14H2,(H,15,18). The molecule has 2 saturated heterocycles. The maximum atomic E-state index is 11.5. The monoisotopic (exact) mass is 246 g/mol. The van der Waals surface area contributed by atoms with Gasteiger partial charge in [0, 0.05) is 38.4 Å². The Morgan fingerprint density at radius 3 is 2.83 bits per heavy atom. The van der Waals surface area contributed by atoms with E-state index in [0.29, 0.717) is 6.04 Å². The number of hydrogen-bond donors (Lipinski definition) is 2. The van der Waals surface area contributed by atoms with Crippen LogP contribution in [0.3, 0.4) is 0 Å². The first-order chi connectivity index (χ1) is 8.72. The summed E-state index contributed by atoms with van der Waals surface area (Å²) in [5, 5.41) is 2.90. The smallest absolute Gasteiger partial charge is 0.317 e. The lowest BCUT2D eigenvalue weighted by Gasteiger charge is -2.36. The number of nitrogens with one attached hydrogen (secondary N) is 1. The number of nitrogen functional groups attached to an aromatic ring is 1. The molecule has 1 atom stereocenters. The fourth-order valence-electron chi connectivity index (χ4n) is 2.69. The highest BCUT2D eigenvalue weighted by Gasteiger charge is 2.35. The summed E-state index contributed by atoms with van der Waals surface area (Å²) < 4.78 is 0. The molecule has 1 aromatic carbocycles. The van der Waals surface area contributed by atoms with E-state index in [2.05, 4.69) is 22.3 Å². The van der Waals surface area contributed by atoms with Gasteiger partial charge >= 0.3 is 6.03 Å². The number of fused-ring (bicyclic) bond motifs is 1. The third-order valence-electron chi connectivity index (χ3n) is 3.70. The number of carbonyl (C=O) groups is 1. The highest BCUT2D eigenvalue weighted by atomic mass is 16.2. The molecule has 96 valence electrons. The molecule has 0 aliphatic carbocycles. The van der Waals surface area contributed by atoms with Crippen LogP contribution >= 0.6 is 0 Å². The molecule has 2 heterocycles. The quantitative estimate of drug-likeness (QED) is 0.746. The summed E-state index contributed by atoms with van der Waals surface area (Å²) in [6.45, 7) is 4.42. The zero-order chi connectivity index (χ0) is 12.5. The normalized spacial score (nSPS) is 23.9. The van der Waals surface area contributed by atoms with Gasteiger partial charge in [0.2, 0.25) is 0 Å². The molecule has 0 aromatic heterocycles. The third kappa shape index (κ3) is 2.13. The average molecular weight is 246 g/mol. The van der Waals surface area contributed by atoms with Crippen LogP contribution in [0.15, 0.2) is 24.3 Å². The fourth-order valence-corrected chi connectivity index (χ4v) is 2.69. The number of rotatable bonds is 2. The van der Waals surface area contributed by atoms with Crippen LogP contribution in [0.1, 0.15) is 5.56 Å². The number of amides is 2. The van der Waals surface area contributed by atoms with E-state index in [-0.39, 0.29) is 6.03 Å². The number of nitrogens with zero attached hydrogens (tertiary/aromatic N) is 2. The summed E-state index contributed by atoms with van der Waals surface area (Å²) >= 11 is 0. The van der Waals surface area contributed by atoms with E-state index >= 15 is 0 Å². The predicted octanol–water partition coefficient (Wildman–Crippen LogP) is 0.478. The second kappa shape index (κ2) is 4.49. The molecule has 0 bridgehead atoms. The minimum atomic E-state index is 0.0899. The van der Waals surface area contributed by atoms with E-state index < -0.39 is 0 Å². The molecule has 2 aliphatic rings. The number of piperazine rings is 1. The molecule has 5 nitrogen and oxygen atoms in total. The maximum absolute atomic E-state index is 11.5. The van der Waals surface area contributed by atoms with Crippen LogP contribution in [0, 0.1) is 0 Å². The highest BCUT2D eigenvalue weighted by Crippen LogP contribution is 2.16. The van der Waals surface area contributed by atoms with Gasteiger partial charge in [0.1, 0.15) is 0 Å². The topological polar surface area (TPSA) is 61.6 Å². The third-order valence-corrected chi connectivity index (χ3v) is 3.70. The van der Waals surface area contributed by atoms with Gasteiger partial charge in [-0.3, -0.25) is 4.90 Å². The summed E-state index contributed by atoms with van der Waals surface area (Å²) in [4.78, 5) is 15.8. The molecule has 2 amide bonds. The molecule has 0 saturated carbocycles. The van der Waals surface area contributed by atoms with E-state index in [1.165, 1.54) is 5.56 Å². The van der Waals surface area contributed by atoms with Gasteiger partial charge in [0.15, 0.2) is 0 Å². The van der Waals surface area contributed by atoms with E-state index in [0.717, 1.165) is 38.4 Å². The molecule has 18 heavy (non-hydrogen) atoms. The summed E-state index contributed by atoms with van der Waals surface area (Å²) in [5.74, 6) is 0. The van der Waals surface area contributed by atoms with Crippen LogP contribution in [-0.4, -0.2) is 48.1 Å². The van der Waals surface area contributed by atoms with Gasteiger partial charge in [-0.05, 0) is 17.7 Å². The van der Waals surface area contributed by atoms with Crippen LogP contribution < -0.4 is 11.1 Å². The van der Waals surface area contributed by atoms with Crippen LogP contribution in [0.2, 0.25) is 0 Å². The average Bonchev–Trinajstić information content (AvgIpc) is 2.74. The Labute approximate surface area is 107 Å². The predicted molar refractivity (Wildman–Crippen MR) is 70.0 cm³/mol. The Bertz CT molecular complexity index is 445. The van der Waals surface area contributed by atoms with Gasteiger partial charge in [-0.1, -0.05) is 12.1 Å². The number of anilines is 1. The van der Waals surface area contributed by atoms with Crippen LogP contribution in [0.25, 0.3) is 0 Å². The molecule has 1 unspecified atom stereocenters. The largest absolute Gasteiger partial charge is 0.399 e. The van der Waals surface area contributed by atoms with Crippen molar-refractivity contribution in [1.29, 1.82) is 0 Å². The second-order valence-corrected chi connectivity index (χ2v) is 5.01. The zero-order valence-corrected chi connectivity index (χ0v) is 10.3. The minimum Gasteiger partial charge on any atom is -0.399 e. The van der Waals surface area contributed by atoms with Gasteiger partial charge in [-0.25, -0.2) is 4.79 Å². The van der Waals surface area contributed by atoms with E-state index in [4.69, 9.17) is 5.73 Å². The summed E-state index contributed by atoms with van der Waals surface area (Å²) in [6, 6.07) is 8.44. The molecule has 2 aliphatic heterocycles. The molecule has 1 aromatic rings. The van der Waals surface area contributed by atoms with Crippen LogP contribution in [0.4, 0.5) is 10.5 Å². The highest BCUT2D eigenvalue weighted by molar-refractivity contribution is 5.77. The molecule has 3 N–H and O–H groups in total. The Kier molecular flexibility index (Phi) is 2.83. The van der Waals surface area contributed by atoms with E-state index in [1.807, 2.05) is 17.0 Å². The van der Waals surface area contributed by atoms with Gasteiger partial charge in [0.25, 0.3) is 0 Å². The Hall–Kier alpha value is -1.75. The molecule has 3 rings (SSSR count). The van der Waals surface area contributed by atoms with E-state index in [1.54, 1.807) is 0 Å². The molecule has 2 fully saturated rings. The lowest BCUT2D eigenvalue weighted by molar-refractivity contribution is 0.116. The van der Waals surface area contributed by atoms with Crippen molar-refractivity contribution in [2.45, 2.75) is 12.6 Å². The van der Waals surface area contributed by atoms with Crippen molar-refractivity contribution in [3.8, 4) is 0 Å². The van der Waals surface area contributed by atoms with Crippen molar-refractivity contribution in [2.24, 2.45) is 0 Å². The first kappa shape index (κ1) is 11.3. The van der Waals surface area contributed by atoms with E-state index in [9.17, 15) is 4.79 Å². The van der Waals surface area contributed by atoms with Crippen molar-refractivity contribution in [2.75, 3.05) is 31.9 Å². The first-order valence-corrected chi connectivity index (χ1v) is 6.33. The Balaban J connectivity index is 1.62. The van der Waals surface area contributed by atoms with Gasteiger partial charge in [-0.2, -0.15) is 0 Å².